The fraction of sp³-hybridized carbons (Fsp3) is 0.632. The molecule has 126 valence electrons. The summed E-state index contributed by atoms with van der Waals surface area (Å²) in [6.07, 6.45) is 3.55. The Kier molecular flexibility index (Phi) is 5.21. The number of nitrogens with zero attached hydrogens (tertiary/aromatic N) is 1. The van der Waals surface area contributed by atoms with Crippen molar-refractivity contribution in [2.45, 2.75) is 45.1 Å². The third-order valence-electron chi connectivity index (χ3n) is 5.43. The Balaban J connectivity index is 1.45. The quantitative estimate of drug-likeness (QED) is 0.877. The second kappa shape index (κ2) is 7.35. The summed E-state index contributed by atoms with van der Waals surface area (Å²) in [4.78, 5) is 14.6. The number of ether oxygens (including phenoxy) is 1. The molecule has 2 unspecified atom stereocenters. The standard InChI is InChI=1S/C19H28N2O2/c1-3-14(2)15-4-6-17(7-5-15)23-13-19(22)20-18-12-21-10-8-16(18)9-11-21/h4-7,14,16,18H,3,8-13H2,1-2H3,(H,20,22). The lowest BCUT2D eigenvalue weighted by atomic mass is 9.84. The number of amides is 1. The van der Waals surface area contributed by atoms with E-state index in [1.54, 1.807) is 0 Å². The topological polar surface area (TPSA) is 41.6 Å². The lowest BCUT2D eigenvalue weighted by Gasteiger charge is -2.44. The molecule has 3 heterocycles. The van der Waals surface area contributed by atoms with Gasteiger partial charge in [-0.2, -0.15) is 0 Å². The summed E-state index contributed by atoms with van der Waals surface area (Å²) < 4.78 is 5.63. The highest BCUT2D eigenvalue weighted by molar-refractivity contribution is 5.78. The number of hydrogen-bond acceptors (Lipinski definition) is 3. The Labute approximate surface area is 139 Å². The minimum absolute atomic E-state index is 0.00486. The first-order chi connectivity index (χ1) is 11.2. The van der Waals surface area contributed by atoms with Crippen LogP contribution in [0.4, 0.5) is 0 Å². The minimum atomic E-state index is -0.00486. The smallest absolute Gasteiger partial charge is 0.258 e. The number of fused-ring (bicyclic) bond motifs is 3. The first-order valence-corrected chi connectivity index (χ1v) is 8.90. The molecule has 0 saturated carbocycles. The first kappa shape index (κ1) is 16.3. The molecule has 4 heteroatoms. The fourth-order valence-electron chi connectivity index (χ4n) is 3.65. The fourth-order valence-corrected chi connectivity index (χ4v) is 3.65. The molecule has 1 amide bonds. The zero-order valence-corrected chi connectivity index (χ0v) is 14.3. The summed E-state index contributed by atoms with van der Waals surface area (Å²) in [5.41, 5.74) is 1.32. The average molecular weight is 316 g/mol. The number of rotatable bonds is 6. The Morgan fingerprint density at radius 2 is 2.00 bits per heavy atom. The molecule has 0 aliphatic carbocycles. The SMILES string of the molecule is CCC(C)c1ccc(OCC(=O)NC2CN3CCC2CC3)cc1. The van der Waals surface area contributed by atoms with Crippen LogP contribution in [0.3, 0.4) is 0 Å². The summed E-state index contributed by atoms with van der Waals surface area (Å²) in [5.74, 6) is 1.97. The van der Waals surface area contributed by atoms with Crippen LogP contribution in [-0.4, -0.2) is 43.1 Å². The van der Waals surface area contributed by atoms with Gasteiger partial charge in [-0.15, -0.1) is 0 Å². The normalized spacial score (nSPS) is 27.5. The van der Waals surface area contributed by atoms with Crippen LogP contribution in [0.5, 0.6) is 5.75 Å². The van der Waals surface area contributed by atoms with Gasteiger partial charge in [0.25, 0.3) is 5.91 Å². The van der Waals surface area contributed by atoms with Gasteiger partial charge in [-0.1, -0.05) is 26.0 Å². The van der Waals surface area contributed by atoms with E-state index in [0.717, 1.165) is 18.7 Å². The average Bonchev–Trinajstić information content (AvgIpc) is 2.61. The van der Waals surface area contributed by atoms with Crippen molar-refractivity contribution in [2.24, 2.45) is 5.92 Å². The van der Waals surface area contributed by atoms with E-state index in [2.05, 4.69) is 36.2 Å². The van der Waals surface area contributed by atoms with Crippen LogP contribution in [0, 0.1) is 5.92 Å². The van der Waals surface area contributed by atoms with Gasteiger partial charge in [0.1, 0.15) is 5.75 Å². The van der Waals surface area contributed by atoms with E-state index in [0.29, 0.717) is 17.9 Å². The third-order valence-corrected chi connectivity index (χ3v) is 5.43. The largest absolute Gasteiger partial charge is 0.484 e. The van der Waals surface area contributed by atoms with Gasteiger partial charge in [0.2, 0.25) is 0 Å². The Bertz CT molecular complexity index is 521. The van der Waals surface area contributed by atoms with E-state index in [1.165, 1.54) is 31.5 Å². The Morgan fingerprint density at radius 3 is 2.57 bits per heavy atom. The van der Waals surface area contributed by atoms with Gasteiger partial charge in [0.15, 0.2) is 6.61 Å². The predicted molar refractivity (Wildman–Crippen MR) is 91.7 cm³/mol. The van der Waals surface area contributed by atoms with Crippen LogP contribution in [0.2, 0.25) is 0 Å². The van der Waals surface area contributed by atoms with Crippen molar-refractivity contribution in [3.63, 3.8) is 0 Å². The molecular formula is C19H28N2O2. The molecule has 0 spiro atoms. The van der Waals surface area contributed by atoms with Crippen LogP contribution < -0.4 is 10.1 Å². The van der Waals surface area contributed by atoms with E-state index in [4.69, 9.17) is 4.74 Å². The van der Waals surface area contributed by atoms with Crippen molar-refractivity contribution in [1.82, 2.24) is 10.2 Å². The summed E-state index contributed by atoms with van der Waals surface area (Å²) in [7, 11) is 0. The molecule has 3 fully saturated rings. The van der Waals surface area contributed by atoms with E-state index in [1.807, 2.05) is 12.1 Å². The molecule has 4 rings (SSSR count). The molecule has 0 radical (unpaired) electrons. The minimum Gasteiger partial charge on any atom is -0.484 e. The molecule has 1 N–H and O–H groups in total. The van der Waals surface area contributed by atoms with E-state index in [-0.39, 0.29) is 12.5 Å². The van der Waals surface area contributed by atoms with Crippen molar-refractivity contribution in [3.8, 4) is 5.75 Å². The molecule has 2 atom stereocenters. The van der Waals surface area contributed by atoms with E-state index in [9.17, 15) is 4.79 Å². The van der Waals surface area contributed by atoms with Crippen LogP contribution in [0.15, 0.2) is 24.3 Å². The molecular weight excluding hydrogens is 288 g/mol. The predicted octanol–water partition coefficient (Wildman–Crippen LogP) is 2.79. The Hall–Kier alpha value is -1.55. The van der Waals surface area contributed by atoms with Gasteiger partial charge in [-0.3, -0.25) is 4.79 Å². The Morgan fingerprint density at radius 1 is 1.30 bits per heavy atom. The van der Waals surface area contributed by atoms with Gasteiger partial charge in [-0.05, 0) is 61.9 Å². The lowest BCUT2D eigenvalue weighted by Crippen LogP contribution is -2.57. The second-order valence-corrected chi connectivity index (χ2v) is 6.98. The highest BCUT2D eigenvalue weighted by Gasteiger charge is 2.34. The maximum absolute atomic E-state index is 12.1. The first-order valence-electron chi connectivity index (χ1n) is 8.90. The van der Waals surface area contributed by atoms with Gasteiger partial charge >= 0.3 is 0 Å². The van der Waals surface area contributed by atoms with Crippen molar-refractivity contribution in [1.29, 1.82) is 0 Å². The van der Waals surface area contributed by atoms with Gasteiger partial charge in [0.05, 0.1) is 0 Å². The monoisotopic (exact) mass is 316 g/mol. The highest BCUT2D eigenvalue weighted by atomic mass is 16.5. The summed E-state index contributed by atoms with van der Waals surface area (Å²) >= 11 is 0. The summed E-state index contributed by atoms with van der Waals surface area (Å²) in [5, 5.41) is 3.15. The maximum atomic E-state index is 12.1. The zero-order valence-electron chi connectivity index (χ0n) is 14.3. The molecule has 1 aromatic carbocycles. The van der Waals surface area contributed by atoms with Gasteiger partial charge in [0, 0.05) is 12.6 Å². The molecule has 3 aliphatic heterocycles. The molecule has 0 aromatic heterocycles. The number of carbonyl (C=O) groups is 1. The molecule has 2 bridgehead atoms. The zero-order chi connectivity index (χ0) is 16.2. The van der Waals surface area contributed by atoms with Crippen LogP contribution >= 0.6 is 0 Å². The van der Waals surface area contributed by atoms with Crippen molar-refractivity contribution < 1.29 is 9.53 Å². The number of hydrogen-bond donors (Lipinski definition) is 1. The number of piperidine rings is 3. The van der Waals surface area contributed by atoms with E-state index < -0.39 is 0 Å². The second-order valence-electron chi connectivity index (χ2n) is 6.98. The molecule has 23 heavy (non-hydrogen) atoms. The van der Waals surface area contributed by atoms with Crippen molar-refractivity contribution in [3.05, 3.63) is 29.8 Å². The molecule has 3 aliphatic rings. The lowest BCUT2D eigenvalue weighted by molar-refractivity contribution is -0.125. The highest BCUT2D eigenvalue weighted by Crippen LogP contribution is 2.27. The maximum Gasteiger partial charge on any atom is 0.258 e. The molecule has 3 saturated heterocycles. The molecule has 4 nitrogen and oxygen atoms in total. The van der Waals surface area contributed by atoms with Gasteiger partial charge in [-0.25, -0.2) is 0 Å². The van der Waals surface area contributed by atoms with Gasteiger partial charge < -0.3 is 15.0 Å². The number of benzene rings is 1. The third kappa shape index (κ3) is 4.05. The van der Waals surface area contributed by atoms with Crippen LogP contribution in [-0.2, 0) is 4.79 Å². The van der Waals surface area contributed by atoms with E-state index >= 15 is 0 Å². The van der Waals surface area contributed by atoms with Crippen molar-refractivity contribution in [2.75, 3.05) is 26.2 Å². The summed E-state index contributed by atoms with van der Waals surface area (Å²) in [6.45, 7) is 7.89. The summed E-state index contributed by atoms with van der Waals surface area (Å²) in [6, 6.07) is 8.41. The number of nitrogens with one attached hydrogen (secondary N) is 1. The van der Waals surface area contributed by atoms with Crippen molar-refractivity contribution >= 4 is 5.91 Å². The number of carbonyl (C=O) groups excluding carboxylic acids is 1. The molecule has 1 aromatic rings. The van der Waals surface area contributed by atoms with Crippen LogP contribution in [0.1, 0.15) is 44.6 Å². The van der Waals surface area contributed by atoms with Crippen LogP contribution in [0.25, 0.3) is 0 Å².